The first kappa shape index (κ1) is 19.8. The van der Waals surface area contributed by atoms with Crippen LogP contribution in [0.1, 0.15) is 25.7 Å². The molecule has 2 aliphatic rings. The second-order valence-corrected chi connectivity index (χ2v) is 7.93. The molecule has 1 N–H and O–H groups in total. The van der Waals surface area contributed by atoms with Crippen molar-refractivity contribution in [2.45, 2.75) is 25.7 Å². The van der Waals surface area contributed by atoms with Crippen LogP contribution < -0.4 is 15.1 Å². The third-order valence-electron chi connectivity index (χ3n) is 5.56. The van der Waals surface area contributed by atoms with Gasteiger partial charge in [-0.25, -0.2) is 4.79 Å². The number of rotatable bonds is 6. The average molecular weight is 374 g/mol. The van der Waals surface area contributed by atoms with E-state index < -0.39 is 0 Å². The van der Waals surface area contributed by atoms with Crippen LogP contribution in [0.2, 0.25) is 0 Å². The molecule has 0 radical (unpaired) electrons. The lowest BCUT2D eigenvalue weighted by molar-refractivity contribution is 0.194. The first-order valence-corrected chi connectivity index (χ1v) is 10.4. The van der Waals surface area contributed by atoms with E-state index in [-0.39, 0.29) is 6.03 Å². The lowest BCUT2D eigenvalue weighted by Crippen LogP contribution is -2.52. The van der Waals surface area contributed by atoms with Gasteiger partial charge in [-0.3, -0.25) is 0 Å². The molecule has 1 aromatic carbocycles. The molecule has 2 aliphatic heterocycles. The van der Waals surface area contributed by atoms with Gasteiger partial charge < -0.3 is 24.9 Å². The smallest absolute Gasteiger partial charge is 0.317 e. The number of benzene rings is 1. The summed E-state index contributed by atoms with van der Waals surface area (Å²) in [5.74, 6) is 0. The Morgan fingerprint density at radius 3 is 2.00 bits per heavy atom. The van der Waals surface area contributed by atoms with Crippen molar-refractivity contribution in [3.05, 3.63) is 24.3 Å². The molecule has 3 rings (SSSR count). The van der Waals surface area contributed by atoms with E-state index >= 15 is 0 Å². The number of hydrogen-bond acceptors (Lipinski definition) is 4. The number of carbonyl (C=O) groups is 1. The molecule has 2 amide bonds. The fourth-order valence-corrected chi connectivity index (χ4v) is 3.90. The maximum absolute atomic E-state index is 12.3. The third kappa shape index (κ3) is 5.76. The molecule has 0 unspecified atom stereocenters. The van der Waals surface area contributed by atoms with Gasteiger partial charge in [0.1, 0.15) is 0 Å². The lowest BCUT2D eigenvalue weighted by Gasteiger charge is -2.36. The normalized spacial score (nSPS) is 18.1. The molecule has 0 saturated carbocycles. The molecule has 0 bridgehead atoms. The van der Waals surface area contributed by atoms with Crippen molar-refractivity contribution in [2.75, 3.05) is 76.3 Å². The second kappa shape index (κ2) is 9.83. The summed E-state index contributed by atoms with van der Waals surface area (Å²) in [6, 6.07) is 9.06. The molecule has 0 aromatic heterocycles. The zero-order chi connectivity index (χ0) is 19.1. The Labute approximate surface area is 164 Å². The lowest BCUT2D eigenvalue weighted by atomic mass is 10.1. The van der Waals surface area contributed by atoms with E-state index in [1.54, 1.807) is 0 Å². The maximum Gasteiger partial charge on any atom is 0.317 e. The van der Waals surface area contributed by atoms with Gasteiger partial charge in [-0.15, -0.1) is 0 Å². The molecular weight excluding hydrogens is 338 g/mol. The molecule has 2 saturated heterocycles. The van der Waals surface area contributed by atoms with Gasteiger partial charge in [0, 0.05) is 57.2 Å². The number of amides is 2. The van der Waals surface area contributed by atoms with Crippen LogP contribution in [0.3, 0.4) is 0 Å². The summed E-state index contributed by atoms with van der Waals surface area (Å²) in [6.45, 7) is 7.48. The highest BCUT2D eigenvalue weighted by atomic mass is 16.2. The Bertz CT molecular complexity index is 575. The standard InChI is InChI=1S/C21H35N5O/c1-23(2)12-6-11-22-21(27)26-17-15-25(16-18-26)20-9-7-19(8-10-20)24-13-4-3-5-14-24/h7-10H,3-6,11-18H2,1-2H3,(H,22,27). The van der Waals surface area contributed by atoms with Crippen molar-refractivity contribution < 1.29 is 4.79 Å². The minimum Gasteiger partial charge on any atom is -0.372 e. The molecule has 6 heteroatoms. The summed E-state index contributed by atoms with van der Waals surface area (Å²) in [5.41, 5.74) is 2.61. The number of nitrogens with zero attached hydrogens (tertiary/aromatic N) is 4. The number of nitrogens with one attached hydrogen (secondary N) is 1. The minimum absolute atomic E-state index is 0.0776. The van der Waals surface area contributed by atoms with Gasteiger partial charge in [0.15, 0.2) is 0 Å². The van der Waals surface area contributed by atoms with Crippen LogP contribution in [-0.2, 0) is 0 Å². The van der Waals surface area contributed by atoms with Crippen molar-refractivity contribution >= 4 is 17.4 Å². The summed E-state index contributed by atoms with van der Waals surface area (Å²) in [6.07, 6.45) is 4.96. The van der Waals surface area contributed by atoms with Gasteiger partial charge in [-0.05, 0) is 70.6 Å². The number of urea groups is 1. The molecule has 2 heterocycles. The maximum atomic E-state index is 12.3. The highest BCUT2D eigenvalue weighted by Gasteiger charge is 2.21. The van der Waals surface area contributed by atoms with E-state index in [1.807, 2.05) is 4.90 Å². The second-order valence-electron chi connectivity index (χ2n) is 7.93. The number of hydrogen-bond donors (Lipinski definition) is 1. The van der Waals surface area contributed by atoms with E-state index in [0.29, 0.717) is 0 Å². The predicted octanol–water partition coefficient (Wildman–Crippen LogP) is 2.46. The van der Waals surface area contributed by atoms with Crippen molar-refractivity contribution in [3.8, 4) is 0 Å². The number of carbonyl (C=O) groups excluding carboxylic acids is 1. The molecule has 0 atom stereocenters. The summed E-state index contributed by atoms with van der Waals surface area (Å²) in [4.78, 5) is 21.2. The zero-order valence-corrected chi connectivity index (χ0v) is 17.0. The average Bonchev–Trinajstić information content (AvgIpc) is 2.72. The number of piperidine rings is 1. The zero-order valence-electron chi connectivity index (χ0n) is 17.0. The highest BCUT2D eigenvalue weighted by Crippen LogP contribution is 2.24. The van der Waals surface area contributed by atoms with Crippen LogP contribution in [-0.4, -0.2) is 82.3 Å². The Morgan fingerprint density at radius 1 is 0.889 bits per heavy atom. The van der Waals surface area contributed by atoms with Crippen molar-refractivity contribution in [1.29, 1.82) is 0 Å². The Morgan fingerprint density at radius 2 is 1.44 bits per heavy atom. The van der Waals surface area contributed by atoms with Crippen LogP contribution in [0.25, 0.3) is 0 Å². The Balaban J connectivity index is 1.42. The van der Waals surface area contributed by atoms with E-state index in [0.717, 1.165) is 45.7 Å². The SMILES string of the molecule is CN(C)CCCNC(=O)N1CCN(c2ccc(N3CCCCC3)cc2)CC1. The summed E-state index contributed by atoms with van der Waals surface area (Å²) >= 11 is 0. The molecule has 0 spiro atoms. The summed E-state index contributed by atoms with van der Waals surface area (Å²) < 4.78 is 0. The van der Waals surface area contributed by atoms with E-state index in [1.165, 1.54) is 43.7 Å². The van der Waals surface area contributed by atoms with Crippen LogP contribution >= 0.6 is 0 Å². The van der Waals surface area contributed by atoms with Gasteiger partial charge in [0.25, 0.3) is 0 Å². The van der Waals surface area contributed by atoms with Crippen LogP contribution in [0.4, 0.5) is 16.2 Å². The van der Waals surface area contributed by atoms with Gasteiger partial charge >= 0.3 is 6.03 Å². The monoisotopic (exact) mass is 373 g/mol. The molecule has 0 aliphatic carbocycles. The van der Waals surface area contributed by atoms with E-state index in [4.69, 9.17) is 0 Å². The molecule has 27 heavy (non-hydrogen) atoms. The Hall–Kier alpha value is -1.95. The van der Waals surface area contributed by atoms with Crippen molar-refractivity contribution in [2.24, 2.45) is 0 Å². The first-order chi connectivity index (χ1) is 13.1. The topological polar surface area (TPSA) is 42.1 Å². The summed E-state index contributed by atoms with van der Waals surface area (Å²) in [7, 11) is 4.11. The van der Waals surface area contributed by atoms with E-state index in [9.17, 15) is 4.79 Å². The Kier molecular flexibility index (Phi) is 7.21. The number of piperazine rings is 1. The molecule has 1 aromatic rings. The number of anilines is 2. The van der Waals surface area contributed by atoms with Crippen LogP contribution in [0.5, 0.6) is 0 Å². The molecule has 150 valence electrons. The fourth-order valence-electron chi connectivity index (χ4n) is 3.90. The minimum atomic E-state index is 0.0776. The largest absolute Gasteiger partial charge is 0.372 e. The molecule has 6 nitrogen and oxygen atoms in total. The van der Waals surface area contributed by atoms with E-state index in [2.05, 4.69) is 58.4 Å². The summed E-state index contributed by atoms with van der Waals surface area (Å²) in [5, 5.41) is 3.04. The predicted molar refractivity (Wildman–Crippen MR) is 113 cm³/mol. The van der Waals surface area contributed by atoms with Crippen LogP contribution in [0.15, 0.2) is 24.3 Å². The van der Waals surface area contributed by atoms with Crippen LogP contribution in [0, 0.1) is 0 Å². The highest BCUT2D eigenvalue weighted by molar-refractivity contribution is 5.74. The van der Waals surface area contributed by atoms with Gasteiger partial charge in [0.05, 0.1) is 0 Å². The quantitative estimate of drug-likeness (QED) is 0.778. The molecule has 2 fully saturated rings. The van der Waals surface area contributed by atoms with Crippen molar-refractivity contribution in [3.63, 3.8) is 0 Å². The van der Waals surface area contributed by atoms with Gasteiger partial charge in [0.2, 0.25) is 0 Å². The van der Waals surface area contributed by atoms with Gasteiger partial charge in [-0.1, -0.05) is 0 Å². The first-order valence-electron chi connectivity index (χ1n) is 10.4. The van der Waals surface area contributed by atoms with Crippen molar-refractivity contribution in [1.82, 2.24) is 15.1 Å². The fraction of sp³-hybridized carbons (Fsp3) is 0.667. The van der Waals surface area contributed by atoms with Gasteiger partial charge in [-0.2, -0.15) is 0 Å². The third-order valence-corrected chi connectivity index (χ3v) is 5.56. The molecular formula is C21H35N5O.